The number of aryl methyl sites for hydroxylation is 1. The molecule has 1 atom stereocenters. The number of fused-ring (bicyclic) bond motifs is 1. The molecule has 5 rings (SSSR count). The molecule has 0 radical (unpaired) electrons. The maximum atomic E-state index is 13.3. The van der Waals surface area contributed by atoms with Gasteiger partial charge >= 0.3 is 0 Å². The topological polar surface area (TPSA) is 72.3 Å². The van der Waals surface area contributed by atoms with Crippen molar-refractivity contribution in [2.75, 3.05) is 23.0 Å². The van der Waals surface area contributed by atoms with Crippen molar-refractivity contribution in [2.24, 2.45) is 0 Å². The van der Waals surface area contributed by atoms with E-state index in [1.54, 1.807) is 15.6 Å². The number of hydrogen-bond donors (Lipinski definition) is 0. The minimum Gasteiger partial charge on any atom is -0.306 e. The summed E-state index contributed by atoms with van der Waals surface area (Å²) in [6.45, 7) is 2.65. The number of benzene rings is 2. The molecule has 2 aliphatic rings. The molecule has 154 valence electrons. The van der Waals surface area contributed by atoms with E-state index in [4.69, 9.17) is 0 Å². The quantitative estimate of drug-likeness (QED) is 0.650. The molecule has 1 saturated heterocycles. The predicted molar refractivity (Wildman–Crippen MR) is 117 cm³/mol. The normalized spacial score (nSPS) is 19.8. The zero-order valence-corrected chi connectivity index (χ0v) is 17.6. The van der Waals surface area contributed by atoms with Crippen molar-refractivity contribution in [3.05, 3.63) is 71.4 Å². The molecular formula is C23H23N3O3S. The Morgan fingerprint density at radius 2 is 1.87 bits per heavy atom. The zero-order chi connectivity index (χ0) is 20.9. The van der Waals surface area contributed by atoms with E-state index in [1.165, 1.54) is 0 Å². The lowest BCUT2D eigenvalue weighted by atomic mass is 10.1. The molecule has 0 unspecified atom stereocenters. The Bertz CT molecular complexity index is 1230. The van der Waals surface area contributed by atoms with Crippen molar-refractivity contribution >= 4 is 21.4 Å². The lowest BCUT2D eigenvalue weighted by Crippen LogP contribution is -2.29. The average molecular weight is 422 g/mol. The molecule has 0 aliphatic carbocycles. The Morgan fingerprint density at radius 3 is 2.60 bits per heavy atom. The van der Waals surface area contributed by atoms with Crippen LogP contribution in [0.5, 0.6) is 0 Å². The van der Waals surface area contributed by atoms with E-state index in [0.717, 1.165) is 34.5 Å². The van der Waals surface area contributed by atoms with E-state index in [0.29, 0.717) is 18.7 Å². The first kappa shape index (κ1) is 19.1. The number of nitrogens with zero attached hydrogens (tertiary/aromatic N) is 3. The first-order valence-corrected chi connectivity index (χ1v) is 12.0. The van der Waals surface area contributed by atoms with Crippen molar-refractivity contribution in [2.45, 2.75) is 25.8 Å². The smallest absolute Gasteiger partial charge is 0.278 e. The molecule has 1 fully saturated rings. The van der Waals surface area contributed by atoms with Crippen LogP contribution in [0.25, 0.3) is 11.3 Å². The summed E-state index contributed by atoms with van der Waals surface area (Å²) in [5, 5.41) is 4.64. The van der Waals surface area contributed by atoms with Crippen LogP contribution in [0.2, 0.25) is 0 Å². The summed E-state index contributed by atoms with van der Waals surface area (Å²) in [4.78, 5) is 15.1. The molecule has 0 spiro atoms. The van der Waals surface area contributed by atoms with E-state index in [2.05, 4.69) is 5.10 Å². The number of para-hydroxylation sites is 1. The van der Waals surface area contributed by atoms with Crippen molar-refractivity contribution in [1.29, 1.82) is 0 Å². The molecule has 2 aromatic carbocycles. The lowest BCUT2D eigenvalue weighted by Gasteiger charge is -2.16. The summed E-state index contributed by atoms with van der Waals surface area (Å²) in [7, 11) is -3.07. The van der Waals surface area contributed by atoms with Gasteiger partial charge < -0.3 is 4.90 Å². The zero-order valence-electron chi connectivity index (χ0n) is 16.8. The van der Waals surface area contributed by atoms with Crippen LogP contribution in [0.15, 0.2) is 54.6 Å². The van der Waals surface area contributed by atoms with Gasteiger partial charge in [-0.15, -0.1) is 0 Å². The highest BCUT2D eigenvalue weighted by Gasteiger charge is 2.33. The minimum atomic E-state index is -3.07. The molecule has 0 saturated carbocycles. The highest BCUT2D eigenvalue weighted by atomic mass is 32.2. The van der Waals surface area contributed by atoms with E-state index in [9.17, 15) is 13.2 Å². The molecule has 0 bridgehead atoms. The largest absolute Gasteiger partial charge is 0.306 e. The third-order valence-electron chi connectivity index (χ3n) is 5.99. The molecule has 7 heteroatoms. The highest BCUT2D eigenvalue weighted by Crippen LogP contribution is 2.33. The Labute approximate surface area is 176 Å². The van der Waals surface area contributed by atoms with Gasteiger partial charge in [-0.3, -0.25) is 9.48 Å². The van der Waals surface area contributed by atoms with E-state index in [-0.39, 0.29) is 23.5 Å². The second-order valence-corrected chi connectivity index (χ2v) is 10.3. The minimum absolute atomic E-state index is 0.0632. The molecule has 30 heavy (non-hydrogen) atoms. The SMILES string of the molecule is Cc1ccc(-c2cc(C(=O)N3CCc4ccccc43)nn2[C@H]2CCS(=O)(=O)C2)cc1. The van der Waals surface area contributed by atoms with Gasteiger partial charge in [0.2, 0.25) is 0 Å². The number of hydrogen-bond acceptors (Lipinski definition) is 4. The van der Waals surface area contributed by atoms with Crippen LogP contribution in [0.3, 0.4) is 0 Å². The number of amides is 1. The standard InChI is InChI=1S/C23H23N3O3S/c1-16-6-8-18(9-7-16)22-14-20(24-26(22)19-11-13-30(28,29)15-19)23(27)25-12-10-17-4-2-3-5-21(17)25/h2-9,14,19H,10-13,15H2,1H3/t19-/m0/s1. The second-order valence-electron chi connectivity index (χ2n) is 8.12. The third kappa shape index (κ3) is 3.33. The fourth-order valence-electron chi connectivity index (χ4n) is 4.37. The van der Waals surface area contributed by atoms with Gasteiger partial charge in [-0.1, -0.05) is 48.0 Å². The summed E-state index contributed by atoms with van der Waals surface area (Å²) in [6, 6.07) is 17.5. The van der Waals surface area contributed by atoms with Gasteiger partial charge in [-0.2, -0.15) is 5.10 Å². The molecular weight excluding hydrogens is 398 g/mol. The van der Waals surface area contributed by atoms with Crippen molar-refractivity contribution in [3.63, 3.8) is 0 Å². The molecule has 6 nitrogen and oxygen atoms in total. The maximum Gasteiger partial charge on any atom is 0.278 e. The van der Waals surface area contributed by atoms with Gasteiger partial charge in [0, 0.05) is 12.2 Å². The molecule has 1 amide bonds. The van der Waals surface area contributed by atoms with Crippen molar-refractivity contribution in [3.8, 4) is 11.3 Å². The van der Waals surface area contributed by atoms with Gasteiger partial charge in [-0.05, 0) is 43.0 Å². The number of carbonyl (C=O) groups excluding carboxylic acids is 1. The van der Waals surface area contributed by atoms with Crippen LogP contribution in [-0.4, -0.2) is 42.2 Å². The summed E-state index contributed by atoms with van der Waals surface area (Å²) >= 11 is 0. The number of anilines is 1. The summed E-state index contributed by atoms with van der Waals surface area (Å²) in [5.41, 5.74) is 5.29. The second kappa shape index (κ2) is 7.09. The van der Waals surface area contributed by atoms with Gasteiger partial charge in [-0.25, -0.2) is 8.42 Å². The van der Waals surface area contributed by atoms with E-state index >= 15 is 0 Å². The van der Waals surface area contributed by atoms with Gasteiger partial charge in [0.05, 0.1) is 23.2 Å². The Kier molecular flexibility index (Phi) is 4.50. The Balaban J connectivity index is 1.56. The van der Waals surface area contributed by atoms with Gasteiger partial charge in [0.15, 0.2) is 15.5 Å². The number of rotatable bonds is 3. The molecule has 1 aromatic heterocycles. The van der Waals surface area contributed by atoms with Crippen molar-refractivity contribution in [1.82, 2.24) is 9.78 Å². The predicted octanol–water partition coefficient (Wildman–Crippen LogP) is 3.42. The van der Waals surface area contributed by atoms with Gasteiger partial charge in [0.25, 0.3) is 5.91 Å². The summed E-state index contributed by atoms with van der Waals surface area (Å²) in [5.74, 6) is 0.0781. The fourth-order valence-corrected chi connectivity index (χ4v) is 6.06. The number of aromatic nitrogens is 2. The Hall–Kier alpha value is -2.93. The number of carbonyl (C=O) groups is 1. The molecule has 2 aliphatic heterocycles. The fraction of sp³-hybridized carbons (Fsp3) is 0.304. The lowest BCUT2D eigenvalue weighted by molar-refractivity contribution is 0.0983. The van der Waals surface area contributed by atoms with Crippen LogP contribution in [-0.2, 0) is 16.3 Å². The maximum absolute atomic E-state index is 13.3. The highest BCUT2D eigenvalue weighted by molar-refractivity contribution is 7.91. The van der Waals surface area contributed by atoms with E-state index in [1.807, 2.05) is 55.5 Å². The average Bonchev–Trinajstić information content (AvgIpc) is 3.44. The molecule has 0 N–H and O–H groups in total. The first-order valence-electron chi connectivity index (χ1n) is 10.2. The number of sulfone groups is 1. The molecule has 3 aromatic rings. The summed E-state index contributed by atoms with van der Waals surface area (Å²) in [6.07, 6.45) is 1.34. The van der Waals surface area contributed by atoms with Crippen LogP contribution in [0, 0.1) is 6.92 Å². The summed E-state index contributed by atoms with van der Waals surface area (Å²) < 4.78 is 25.9. The van der Waals surface area contributed by atoms with Crippen molar-refractivity contribution < 1.29 is 13.2 Å². The Morgan fingerprint density at radius 1 is 1.10 bits per heavy atom. The molecule has 3 heterocycles. The van der Waals surface area contributed by atoms with Gasteiger partial charge in [0.1, 0.15) is 0 Å². The van der Waals surface area contributed by atoms with E-state index < -0.39 is 9.84 Å². The van der Waals surface area contributed by atoms with Crippen LogP contribution in [0.1, 0.15) is 34.1 Å². The monoisotopic (exact) mass is 421 g/mol. The van der Waals surface area contributed by atoms with Crippen LogP contribution in [0.4, 0.5) is 5.69 Å². The first-order chi connectivity index (χ1) is 14.4. The van der Waals surface area contributed by atoms with Crippen LogP contribution < -0.4 is 4.90 Å². The third-order valence-corrected chi connectivity index (χ3v) is 7.74. The van der Waals surface area contributed by atoms with Crippen LogP contribution >= 0.6 is 0 Å².